The van der Waals surface area contributed by atoms with Crippen LogP contribution in [0.4, 0.5) is 0 Å². The van der Waals surface area contributed by atoms with Gasteiger partial charge in [0.2, 0.25) is 5.91 Å². The van der Waals surface area contributed by atoms with E-state index in [0.29, 0.717) is 18.0 Å². The van der Waals surface area contributed by atoms with Crippen molar-refractivity contribution in [1.82, 2.24) is 4.90 Å². The fourth-order valence-corrected chi connectivity index (χ4v) is 5.13. The highest BCUT2D eigenvalue weighted by molar-refractivity contribution is 7.91. The maximum Gasteiger partial charge on any atom is 0.247 e. The summed E-state index contributed by atoms with van der Waals surface area (Å²) < 4.78 is 29.0. The zero-order chi connectivity index (χ0) is 20.1. The predicted octanol–water partition coefficient (Wildman–Crippen LogP) is 3.58. The zero-order valence-corrected chi connectivity index (χ0v) is 17.1. The number of methoxy groups -OCH3 is 1. The second-order valence-electron chi connectivity index (χ2n) is 6.73. The first kappa shape index (κ1) is 20.4. The Morgan fingerprint density at radius 1 is 1.21 bits per heavy atom. The molecule has 1 aliphatic heterocycles. The van der Waals surface area contributed by atoms with Gasteiger partial charge in [0, 0.05) is 23.7 Å². The Morgan fingerprint density at radius 3 is 2.54 bits per heavy atom. The number of ether oxygens (including phenoxy) is 1. The monoisotopic (exact) mass is 419 g/mol. The normalized spacial score (nSPS) is 18.3. The van der Waals surface area contributed by atoms with Crippen molar-refractivity contribution in [3.05, 3.63) is 70.8 Å². The van der Waals surface area contributed by atoms with Crippen molar-refractivity contribution < 1.29 is 17.9 Å². The predicted molar refractivity (Wildman–Crippen MR) is 111 cm³/mol. The van der Waals surface area contributed by atoms with Gasteiger partial charge >= 0.3 is 0 Å². The van der Waals surface area contributed by atoms with Crippen LogP contribution in [0.25, 0.3) is 6.08 Å². The van der Waals surface area contributed by atoms with Gasteiger partial charge in [-0.1, -0.05) is 41.9 Å². The van der Waals surface area contributed by atoms with Crippen LogP contribution < -0.4 is 4.74 Å². The molecule has 1 amide bonds. The molecule has 0 saturated carbocycles. The lowest BCUT2D eigenvalue weighted by Crippen LogP contribution is -2.39. The van der Waals surface area contributed by atoms with Gasteiger partial charge in [-0.15, -0.1) is 0 Å². The van der Waals surface area contributed by atoms with Gasteiger partial charge in [0.25, 0.3) is 0 Å². The summed E-state index contributed by atoms with van der Waals surface area (Å²) >= 11 is 6.14. The van der Waals surface area contributed by atoms with Crippen LogP contribution in [0.5, 0.6) is 5.75 Å². The second kappa shape index (κ2) is 8.80. The summed E-state index contributed by atoms with van der Waals surface area (Å²) in [5, 5.41) is 0.552. The van der Waals surface area contributed by atoms with Gasteiger partial charge in [-0.25, -0.2) is 8.42 Å². The lowest BCUT2D eigenvalue weighted by Gasteiger charge is -2.27. The lowest BCUT2D eigenvalue weighted by atomic mass is 10.1. The first-order valence-electron chi connectivity index (χ1n) is 8.94. The summed E-state index contributed by atoms with van der Waals surface area (Å²) in [6.45, 7) is 0.329. The molecule has 0 aromatic heterocycles. The topological polar surface area (TPSA) is 63.7 Å². The van der Waals surface area contributed by atoms with E-state index in [1.54, 1.807) is 24.2 Å². The Morgan fingerprint density at radius 2 is 1.93 bits per heavy atom. The van der Waals surface area contributed by atoms with E-state index in [-0.39, 0.29) is 23.5 Å². The minimum absolute atomic E-state index is 0.00513. The van der Waals surface area contributed by atoms with E-state index in [9.17, 15) is 13.2 Å². The van der Waals surface area contributed by atoms with Crippen LogP contribution in [-0.2, 0) is 21.2 Å². The van der Waals surface area contributed by atoms with Gasteiger partial charge in [0.15, 0.2) is 9.84 Å². The van der Waals surface area contributed by atoms with Crippen molar-refractivity contribution >= 4 is 33.4 Å². The van der Waals surface area contributed by atoms with Crippen LogP contribution >= 0.6 is 11.6 Å². The third-order valence-electron chi connectivity index (χ3n) is 4.75. The molecule has 1 atom stereocenters. The van der Waals surface area contributed by atoms with E-state index in [1.807, 2.05) is 42.5 Å². The standard InChI is InChI=1S/C21H22ClNO4S/c1-27-19-9-6-16(7-10-19)14-23(18-12-13-28(25,26)15-18)21(24)11-8-17-4-2-3-5-20(17)22/h2-11,18H,12-15H2,1H3/b11-8+/t18-/m0/s1. The van der Waals surface area contributed by atoms with Crippen molar-refractivity contribution in [2.75, 3.05) is 18.6 Å². The highest BCUT2D eigenvalue weighted by Gasteiger charge is 2.34. The number of amides is 1. The van der Waals surface area contributed by atoms with Crippen LogP contribution in [0.3, 0.4) is 0 Å². The summed E-state index contributed by atoms with van der Waals surface area (Å²) in [6, 6.07) is 14.3. The number of benzene rings is 2. The van der Waals surface area contributed by atoms with Crippen molar-refractivity contribution in [3.63, 3.8) is 0 Å². The lowest BCUT2D eigenvalue weighted by molar-refractivity contribution is -0.128. The molecule has 28 heavy (non-hydrogen) atoms. The van der Waals surface area contributed by atoms with E-state index in [4.69, 9.17) is 16.3 Å². The Bertz CT molecular complexity index is 970. The Hall–Kier alpha value is -2.31. The van der Waals surface area contributed by atoms with Crippen LogP contribution in [0.1, 0.15) is 17.5 Å². The first-order chi connectivity index (χ1) is 13.4. The summed E-state index contributed by atoms with van der Waals surface area (Å²) in [4.78, 5) is 14.6. The van der Waals surface area contributed by atoms with Gasteiger partial charge in [0.1, 0.15) is 5.75 Å². The highest BCUT2D eigenvalue weighted by Crippen LogP contribution is 2.22. The highest BCUT2D eigenvalue weighted by atomic mass is 35.5. The number of rotatable bonds is 6. The summed E-state index contributed by atoms with van der Waals surface area (Å²) in [5.74, 6) is 0.592. The molecular formula is C21H22ClNO4S. The molecule has 7 heteroatoms. The summed E-state index contributed by atoms with van der Waals surface area (Å²) in [7, 11) is -1.52. The van der Waals surface area contributed by atoms with Gasteiger partial charge in [0.05, 0.1) is 18.6 Å². The van der Waals surface area contributed by atoms with E-state index in [2.05, 4.69) is 0 Å². The summed E-state index contributed by atoms with van der Waals surface area (Å²) in [5.41, 5.74) is 1.64. The molecule has 3 rings (SSSR count). The number of sulfone groups is 1. The minimum Gasteiger partial charge on any atom is -0.497 e. The molecule has 5 nitrogen and oxygen atoms in total. The van der Waals surface area contributed by atoms with E-state index < -0.39 is 9.84 Å². The van der Waals surface area contributed by atoms with E-state index in [1.165, 1.54) is 6.08 Å². The third kappa shape index (κ3) is 5.14. The van der Waals surface area contributed by atoms with Crippen LogP contribution in [0, 0.1) is 0 Å². The molecule has 2 aromatic rings. The molecule has 1 aliphatic rings. The van der Waals surface area contributed by atoms with E-state index >= 15 is 0 Å². The molecule has 0 spiro atoms. The zero-order valence-electron chi connectivity index (χ0n) is 15.5. The van der Waals surface area contributed by atoms with Gasteiger partial charge in [-0.3, -0.25) is 4.79 Å². The molecule has 1 fully saturated rings. The number of halogens is 1. The maximum absolute atomic E-state index is 12.9. The molecule has 0 aliphatic carbocycles. The van der Waals surface area contributed by atoms with Gasteiger partial charge in [-0.2, -0.15) is 0 Å². The average Bonchev–Trinajstić information content (AvgIpc) is 3.05. The Labute approximate surface area is 170 Å². The molecule has 0 radical (unpaired) electrons. The fourth-order valence-electron chi connectivity index (χ4n) is 3.20. The first-order valence-corrected chi connectivity index (χ1v) is 11.1. The largest absolute Gasteiger partial charge is 0.497 e. The average molecular weight is 420 g/mol. The Balaban J connectivity index is 1.82. The van der Waals surface area contributed by atoms with Gasteiger partial charge in [-0.05, 0) is 41.8 Å². The quantitative estimate of drug-likeness (QED) is 0.671. The second-order valence-corrected chi connectivity index (χ2v) is 9.36. The number of hydrogen-bond donors (Lipinski definition) is 0. The molecule has 2 aromatic carbocycles. The van der Waals surface area contributed by atoms with Crippen LogP contribution in [0.15, 0.2) is 54.6 Å². The van der Waals surface area contributed by atoms with E-state index in [0.717, 1.165) is 16.9 Å². The number of carbonyl (C=O) groups excluding carboxylic acids is 1. The SMILES string of the molecule is COc1ccc(CN(C(=O)/C=C/c2ccccc2Cl)[C@H]2CCS(=O)(=O)C2)cc1. The van der Waals surface area contributed by atoms with Crippen LogP contribution in [0.2, 0.25) is 5.02 Å². The maximum atomic E-state index is 12.9. The number of nitrogens with zero attached hydrogens (tertiary/aromatic N) is 1. The third-order valence-corrected chi connectivity index (χ3v) is 6.85. The van der Waals surface area contributed by atoms with Crippen molar-refractivity contribution in [2.45, 2.75) is 19.0 Å². The van der Waals surface area contributed by atoms with Crippen molar-refractivity contribution in [2.24, 2.45) is 0 Å². The molecule has 1 heterocycles. The number of carbonyl (C=O) groups is 1. The Kier molecular flexibility index (Phi) is 6.42. The molecular weight excluding hydrogens is 398 g/mol. The molecule has 1 saturated heterocycles. The molecule has 0 unspecified atom stereocenters. The van der Waals surface area contributed by atoms with Crippen molar-refractivity contribution in [1.29, 1.82) is 0 Å². The number of hydrogen-bond acceptors (Lipinski definition) is 4. The molecule has 148 valence electrons. The van der Waals surface area contributed by atoms with Gasteiger partial charge < -0.3 is 9.64 Å². The smallest absolute Gasteiger partial charge is 0.247 e. The van der Waals surface area contributed by atoms with Crippen LogP contribution in [-0.4, -0.2) is 43.9 Å². The fraction of sp³-hybridized carbons (Fsp3) is 0.286. The molecule has 0 bridgehead atoms. The molecule has 0 N–H and O–H groups in total. The van der Waals surface area contributed by atoms with Crippen molar-refractivity contribution in [3.8, 4) is 5.75 Å². The summed E-state index contributed by atoms with van der Waals surface area (Å²) in [6.07, 6.45) is 3.56. The minimum atomic E-state index is -3.11.